The maximum Gasteiger partial charge on any atom is 0.339 e. The highest BCUT2D eigenvalue weighted by molar-refractivity contribution is 9.10. The fraction of sp³-hybridized carbons (Fsp3) is 0.0588. The molecule has 12 heteroatoms. The van der Waals surface area contributed by atoms with Crippen molar-refractivity contribution in [1.82, 2.24) is 0 Å². The van der Waals surface area contributed by atoms with Crippen molar-refractivity contribution >= 4 is 60.4 Å². The molecule has 0 saturated carbocycles. The summed E-state index contributed by atoms with van der Waals surface area (Å²) in [5, 5.41) is 41.4. The zero-order chi connectivity index (χ0) is 21.4. The van der Waals surface area contributed by atoms with Crippen LogP contribution in [0, 0.1) is 42.9 Å². The molecule has 0 saturated heterocycles. The van der Waals surface area contributed by atoms with E-state index in [9.17, 15) is 20.2 Å². The zero-order valence-corrected chi connectivity index (χ0v) is 18.3. The lowest BCUT2D eigenvalue weighted by Gasteiger charge is -2.00. The molecular formula is C17H9BrN4O4S3. The van der Waals surface area contributed by atoms with E-state index in [-0.39, 0.29) is 14.5 Å². The van der Waals surface area contributed by atoms with Gasteiger partial charge in [0.25, 0.3) is 0 Å². The van der Waals surface area contributed by atoms with Crippen molar-refractivity contribution in [2.24, 2.45) is 0 Å². The summed E-state index contributed by atoms with van der Waals surface area (Å²) in [6, 6.07) is 13.5. The standard InChI is InChI=1S/C12H8N2O2S2.C5HBrN2O2S/c13-6-10-8-18-12(14(15)16)11(10)17-7-9-4-2-1-3-5-9;6-4-3(1-7)2-11-5(4)8(9)10/h1-5,8H,7H2;2H. The summed E-state index contributed by atoms with van der Waals surface area (Å²) >= 11 is 6.23. The number of hydrogen-bond acceptors (Lipinski definition) is 9. The predicted molar refractivity (Wildman–Crippen MR) is 115 cm³/mol. The monoisotopic (exact) mass is 508 g/mol. The van der Waals surface area contributed by atoms with Crippen LogP contribution in [-0.2, 0) is 5.75 Å². The van der Waals surface area contributed by atoms with E-state index in [0.29, 0.717) is 21.8 Å². The lowest BCUT2D eigenvalue weighted by atomic mass is 10.2. The van der Waals surface area contributed by atoms with Gasteiger partial charge in [-0.05, 0) is 21.5 Å². The Balaban J connectivity index is 0.000000234. The maximum atomic E-state index is 10.9. The van der Waals surface area contributed by atoms with Crippen LogP contribution >= 0.6 is 50.4 Å². The minimum atomic E-state index is -0.518. The fourth-order valence-electron chi connectivity index (χ4n) is 1.94. The summed E-state index contributed by atoms with van der Waals surface area (Å²) in [6.07, 6.45) is 0. The predicted octanol–water partition coefficient (Wildman–Crippen LogP) is 6.11. The van der Waals surface area contributed by atoms with Crippen LogP contribution in [-0.4, -0.2) is 9.85 Å². The van der Waals surface area contributed by atoms with Gasteiger partial charge in [-0.1, -0.05) is 53.0 Å². The van der Waals surface area contributed by atoms with E-state index < -0.39 is 9.85 Å². The Labute approximate surface area is 185 Å². The Hall–Kier alpha value is -2.77. The summed E-state index contributed by atoms with van der Waals surface area (Å²) in [7, 11) is 0. The molecule has 2 heterocycles. The third kappa shape index (κ3) is 5.85. The molecule has 0 unspecified atom stereocenters. The van der Waals surface area contributed by atoms with Crippen LogP contribution in [0.3, 0.4) is 0 Å². The molecule has 0 aliphatic heterocycles. The van der Waals surface area contributed by atoms with Crippen LogP contribution in [0.4, 0.5) is 10.0 Å². The molecule has 2 aromatic heterocycles. The minimum absolute atomic E-state index is 0.0263. The second-order valence-corrected chi connectivity index (χ2v) is 8.56. The third-order valence-corrected chi connectivity index (χ3v) is 7.47. The molecule has 146 valence electrons. The second kappa shape index (κ2) is 10.7. The van der Waals surface area contributed by atoms with E-state index in [4.69, 9.17) is 10.5 Å². The SMILES string of the molecule is N#Cc1csc([N+](=O)[O-])c1Br.N#Cc1csc([N+](=O)[O-])c1SCc1ccccc1. The first-order chi connectivity index (χ1) is 13.9. The van der Waals surface area contributed by atoms with Gasteiger partial charge in [0, 0.05) is 16.5 Å². The highest BCUT2D eigenvalue weighted by Gasteiger charge is 2.21. The van der Waals surface area contributed by atoms with Gasteiger partial charge in [0.2, 0.25) is 0 Å². The number of hydrogen-bond donors (Lipinski definition) is 0. The van der Waals surface area contributed by atoms with Crippen LogP contribution in [0.5, 0.6) is 0 Å². The summed E-state index contributed by atoms with van der Waals surface area (Å²) in [5.41, 5.74) is 1.77. The number of benzene rings is 1. The molecule has 8 nitrogen and oxygen atoms in total. The Kier molecular flexibility index (Phi) is 8.30. The first-order valence-corrected chi connectivity index (χ1v) is 11.1. The first kappa shape index (κ1) is 22.5. The number of thiophene rings is 2. The van der Waals surface area contributed by atoms with E-state index in [1.165, 1.54) is 22.5 Å². The Morgan fingerprint density at radius 1 is 0.966 bits per heavy atom. The number of rotatable bonds is 5. The molecule has 0 spiro atoms. The number of halogens is 1. The van der Waals surface area contributed by atoms with Gasteiger partial charge in [0.1, 0.15) is 21.5 Å². The number of nitrogens with zero attached hydrogens (tertiary/aromatic N) is 4. The minimum Gasteiger partial charge on any atom is -0.258 e. The zero-order valence-electron chi connectivity index (χ0n) is 14.3. The van der Waals surface area contributed by atoms with E-state index >= 15 is 0 Å². The normalized spacial score (nSPS) is 9.62. The molecule has 0 atom stereocenters. The molecular weight excluding hydrogens is 500 g/mol. The van der Waals surface area contributed by atoms with Crippen molar-refractivity contribution in [1.29, 1.82) is 10.5 Å². The highest BCUT2D eigenvalue weighted by Crippen LogP contribution is 2.39. The van der Waals surface area contributed by atoms with Gasteiger partial charge in [-0.25, -0.2) is 0 Å². The summed E-state index contributed by atoms with van der Waals surface area (Å²) in [4.78, 5) is 20.6. The smallest absolute Gasteiger partial charge is 0.258 e. The Morgan fingerprint density at radius 2 is 1.52 bits per heavy atom. The van der Waals surface area contributed by atoms with Crippen molar-refractivity contribution < 1.29 is 9.85 Å². The van der Waals surface area contributed by atoms with Crippen molar-refractivity contribution in [3.8, 4) is 12.1 Å². The quantitative estimate of drug-likeness (QED) is 0.230. The number of thioether (sulfide) groups is 1. The van der Waals surface area contributed by atoms with Gasteiger partial charge in [-0.15, -0.1) is 11.8 Å². The molecule has 29 heavy (non-hydrogen) atoms. The lowest BCUT2D eigenvalue weighted by molar-refractivity contribution is -0.382. The number of nitriles is 2. The van der Waals surface area contributed by atoms with E-state index in [2.05, 4.69) is 15.9 Å². The molecule has 0 N–H and O–H groups in total. The van der Waals surface area contributed by atoms with E-state index in [0.717, 1.165) is 28.2 Å². The van der Waals surface area contributed by atoms with Gasteiger partial charge >= 0.3 is 10.0 Å². The molecule has 1 aromatic carbocycles. The van der Waals surface area contributed by atoms with Gasteiger partial charge in [0.05, 0.1) is 21.0 Å². The Morgan fingerprint density at radius 3 is 2.00 bits per heavy atom. The van der Waals surface area contributed by atoms with Crippen LogP contribution < -0.4 is 0 Å². The number of nitro groups is 2. The van der Waals surface area contributed by atoms with Crippen molar-refractivity contribution in [2.45, 2.75) is 10.6 Å². The second-order valence-electron chi connectivity index (χ2n) is 5.06. The van der Waals surface area contributed by atoms with Crippen molar-refractivity contribution in [3.05, 3.63) is 82.5 Å². The molecule has 0 aliphatic carbocycles. The molecule has 3 rings (SSSR count). The third-order valence-electron chi connectivity index (χ3n) is 3.24. The van der Waals surface area contributed by atoms with Crippen molar-refractivity contribution in [2.75, 3.05) is 0 Å². The van der Waals surface area contributed by atoms with Gasteiger partial charge < -0.3 is 0 Å². The lowest BCUT2D eigenvalue weighted by Crippen LogP contribution is -1.88. The first-order valence-electron chi connectivity index (χ1n) is 7.53. The van der Waals surface area contributed by atoms with Gasteiger partial charge in [-0.2, -0.15) is 10.5 Å². The average Bonchev–Trinajstić information content (AvgIpc) is 3.30. The van der Waals surface area contributed by atoms with Crippen LogP contribution in [0.2, 0.25) is 0 Å². The van der Waals surface area contributed by atoms with Crippen LogP contribution in [0.25, 0.3) is 0 Å². The fourth-order valence-corrected chi connectivity index (χ4v) is 5.48. The summed E-state index contributed by atoms with van der Waals surface area (Å²) in [5.74, 6) is 0.618. The van der Waals surface area contributed by atoms with Gasteiger partial charge in [-0.3, -0.25) is 20.2 Å². The molecule has 0 bridgehead atoms. The van der Waals surface area contributed by atoms with E-state index in [1.54, 1.807) is 0 Å². The molecule has 0 fully saturated rings. The topological polar surface area (TPSA) is 134 Å². The van der Waals surface area contributed by atoms with Crippen LogP contribution in [0.1, 0.15) is 16.7 Å². The maximum absolute atomic E-state index is 10.9. The van der Waals surface area contributed by atoms with Crippen LogP contribution in [0.15, 0.2) is 50.5 Å². The molecule has 0 radical (unpaired) electrons. The molecule has 3 aromatic rings. The summed E-state index contributed by atoms with van der Waals surface area (Å²) in [6.45, 7) is 0. The van der Waals surface area contributed by atoms with E-state index in [1.807, 2.05) is 42.5 Å². The highest BCUT2D eigenvalue weighted by atomic mass is 79.9. The van der Waals surface area contributed by atoms with Crippen molar-refractivity contribution in [3.63, 3.8) is 0 Å². The molecule has 0 amide bonds. The molecule has 0 aliphatic rings. The largest absolute Gasteiger partial charge is 0.339 e. The average molecular weight is 509 g/mol. The Bertz CT molecular complexity index is 1120. The van der Waals surface area contributed by atoms with Gasteiger partial charge in [0.15, 0.2) is 0 Å². The summed E-state index contributed by atoms with van der Waals surface area (Å²) < 4.78 is 0.273.